The molecule has 6 nitrogen and oxygen atoms in total. The molecule has 16 heavy (non-hydrogen) atoms. The summed E-state index contributed by atoms with van der Waals surface area (Å²) in [6.45, 7) is 3.92. The fourth-order valence-electron chi connectivity index (χ4n) is 1.65. The van der Waals surface area contributed by atoms with Crippen LogP contribution in [0.3, 0.4) is 0 Å². The van der Waals surface area contributed by atoms with E-state index in [0.29, 0.717) is 11.5 Å². The van der Waals surface area contributed by atoms with Crippen LogP contribution in [0.2, 0.25) is 0 Å². The molecule has 0 bridgehead atoms. The van der Waals surface area contributed by atoms with E-state index in [4.69, 9.17) is 17.3 Å². The van der Waals surface area contributed by atoms with Crippen molar-refractivity contribution < 1.29 is 0 Å². The molecule has 0 aliphatic heterocycles. The molecule has 2 rings (SSSR count). The van der Waals surface area contributed by atoms with Crippen LogP contribution in [0.25, 0.3) is 11.4 Å². The first-order valence-electron chi connectivity index (χ1n) is 4.83. The summed E-state index contributed by atoms with van der Waals surface area (Å²) in [5.41, 5.74) is 15.0. The molecule has 0 saturated heterocycles. The average molecular weight is 218 g/mol. The van der Waals surface area contributed by atoms with Crippen LogP contribution in [0.1, 0.15) is 11.1 Å². The number of nitrogen functional groups attached to an aromatic ring is 3. The van der Waals surface area contributed by atoms with Crippen molar-refractivity contribution in [1.29, 1.82) is 0 Å². The smallest absolute Gasteiger partial charge is 0.241 e. The molecule has 0 amide bonds. The first kappa shape index (κ1) is 10.3. The second-order valence-electron chi connectivity index (χ2n) is 3.79. The van der Waals surface area contributed by atoms with E-state index in [9.17, 15) is 0 Å². The van der Waals surface area contributed by atoms with E-state index in [0.717, 1.165) is 16.7 Å². The van der Waals surface area contributed by atoms with E-state index in [1.807, 2.05) is 26.0 Å². The fourth-order valence-corrected chi connectivity index (χ4v) is 1.65. The minimum atomic E-state index is 0.161. The van der Waals surface area contributed by atoms with Gasteiger partial charge in [-0.05, 0) is 31.0 Å². The van der Waals surface area contributed by atoms with E-state index in [1.54, 1.807) is 0 Å². The standard InChI is InChI=1S/C10H14N6/c1-5-3-6(2)8(11)7(4-5)9-14-15-10(12)16(9)13/h3-4H,11,13H2,1-2H3,(H2,12,15). The van der Waals surface area contributed by atoms with Crippen molar-refractivity contribution in [3.05, 3.63) is 23.3 Å². The maximum absolute atomic E-state index is 5.98. The lowest BCUT2D eigenvalue weighted by Crippen LogP contribution is -2.14. The summed E-state index contributed by atoms with van der Waals surface area (Å²) in [6.07, 6.45) is 0. The van der Waals surface area contributed by atoms with Crippen LogP contribution < -0.4 is 17.3 Å². The summed E-state index contributed by atoms with van der Waals surface area (Å²) in [4.78, 5) is 0. The predicted octanol–water partition coefficient (Wildman–Crippen LogP) is 0.440. The molecule has 1 heterocycles. The second-order valence-corrected chi connectivity index (χ2v) is 3.79. The lowest BCUT2D eigenvalue weighted by Gasteiger charge is -2.09. The first-order chi connectivity index (χ1) is 7.50. The van der Waals surface area contributed by atoms with Gasteiger partial charge in [0.2, 0.25) is 5.95 Å². The lowest BCUT2D eigenvalue weighted by molar-refractivity contribution is 1.02. The number of nitrogens with two attached hydrogens (primary N) is 3. The van der Waals surface area contributed by atoms with Crippen LogP contribution in [0.5, 0.6) is 0 Å². The molecule has 1 aromatic heterocycles. The van der Waals surface area contributed by atoms with Gasteiger partial charge in [0.15, 0.2) is 5.82 Å². The monoisotopic (exact) mass is 218 g/mol. The zero-order valence-corrected chi connectivity index (χ0v) is 9.23. The molecule has 0 unspecified atom stereocenters. The van der Waals surface area contributed by atoms with Gasteiger partial charge in [-0.25, -0.2) is 4.68 Å². The van der Waals surface area contributed by atoms with E-state index in [1.165, 1.54) is 4.68 Å². The summed E-state index contributed by atoms with van der Waals surface area (Å²) < 4.78 is 1.23. The normalized spacial score (nSPS) is 10.6. The topological polar surface area (TPSA) is 109 Å². The highest BCUT2D eigenvalue weighted by Gasteiger charge is 2.13. The molecule has 2 aromatic rings. The minimum Gasteiger partial charge on any atom is -0.398 e. The first-order valence-corrected chi connectivity index (χ1v) is 4.83. The Kier molecular flexibility index (Phi) is 2.19. The van der Waals surface area contributed by atoms with Gasteiger partial charge in [0, 0.05) is 11.3 Å². The molecular formula is C10H14N6. The number of hydrogen-bond donors (Lipinski definition) is 3. The quantitative estimate of drug-likeness (QED) is 0.475. The van der Waals surface area contributed by atoms with Crippen LogP contribution >= 0.6 is 0 Å². The van der Waals surface area contributed by atoms with Crippen molar-refractivity contribution in [2.24, 2.45) is 0 Å². The number of benzene rings is 1. The molecule has 0 aliphatic carbocycles. The Morgan fingerprint density at radius 3 is 2.38 bits per heavy atom. The number of aromatic nitrogens is 3. The van der Waals surface area contributed by atoms with Crippen molar-refractivity contribution >= 4 is 11.6 Å². The number of anilines is 2. The van der Waals surface area contributed by atoms with Crippen molar-refractivity contribution in [2.75, 3.05) is 17.3 Å². The van der Waals surface area contributed by atoms with Crippen molar-refractivity contribution in [3.63, 3.8) is 0 Å². The van der Waals surface area contributed by atoms with Gasteiger partial charge in [0.25, 0.3) is 0 Å². The van der Waals surface area contributed by atoms with Crippen LogP contribution in [-0.4, -0.2) is 14.9 Å². The van der Waals surface area contributed by atoms with Gasteiger partial charge in [0.05, 0.1) is 0 Å². The van der Waals surface area contributed by atoms with E-state index in [2.05, 4.69) is 10.2 Å². The Bertz CT molecular complexity index is 542. The van der Waals surface area contributed by atoms with Gasteiger partial charge in [-0.1, -0.05) is 6.07 Å². The summed E-state index contributed by atoms with van der Waals surface area (Å²) >= 11 is 0. The highest BCUT2D eigenvalue weighted by atomic mass is 15.4. The predicted molar refractivity (Wildman–Crippen MR) is 63.9 cm³/mol. The number of rotatable bonds is 1. The van der Waals surface area contributed by atoms with Gasteiger partial charge in [-0.3, -0.25) is 0 Å². The van der Waals surface area contributed by atoms with Gasteiger partial charge in [-0.15, -0.1) is 10.2 Å². The summed E-state index contributed by atoms with van der Waals surface area (Å²) in [6, 6.07) is 3.91. The third kappa shape index (κ3) is 1.44. The van der Waals surface area contributed by atoms with Gasteiger partial charge in [0.1, 0.15) is 0 Å². The SMILES string of the molecule is Cc1cc(C)c(N)c(-c2nnc(N)n2N)c1. The number of aryl methyl sites for hydroxylation is 2. The summed E-state index contributed by atoms with van der Waals surface area (Å²) in [7, 11) is 0. The lowest BCUT2D eigenvalue weighted by atomic mass is 10.0. The molecule has 0 spiro atoms. The zero-order valence-electron chi connectivity index (χ0n) is 9.23. The second kappa shape index (κ2) is 3.41. The Hall–Kier alpha value is -2.24. The average Bonchev–Trinajstić information content (AvgIpc) is 2.54. The molecule has 1 aromatic carbocycles. The Morgan fingerprint density at radius 2 is 1.81 bits per heavy atom. The molecule has 0 radical (unpaired) electrons. The van der Waals surface area contributed by atoms with Gasteiger partial charge in [-0.2, -0.15) is 0 Å². The van der Waals surface area contributed by atoms with Crippen molar-refractivity contribution in [1.82, 2.24) is 14.9 Å². The van der Waals surface area contributed by atoms with Crippen LogP contribution in [0, 0.1) is 13.8 Å². The third-order valence-electron chi connectivity index (χ3n) is 2.49. The molecule has 84 valence electrons. The summed E-state index contributed by atoms with van der Waals surface area (Å²) in [5.74, 6) is 6.35. The molecule has 0 fully saturated rings. The Labute approximate surface area is 93.0 Å². The maximum atomic E-state index is 5.98. The van der Waals surface area contributed by atoms with Crippen LogP contribution in [-0.2, 0) is 0 Å². The summed E-state index contributed by atoms with van der Waals surface area (Å²) in [5, 5.41) is 7.61. The van der Waals surface area contributed by atoms with E-state index in [-0.39, 0.29) is 5.95 Å². The Balaban J connectivity index is 2.69. The van der Waals surface area contributed by atoms with E-state index >= 15 is 0 Å². The highest BCUT2D eigenvalue weighted by Crippen LogP contribution is 2.28. The molecule has 0 aliphatic rings. The van der Waals surface area contributed by atoms with Crippen molar-refractivity contribution in [3.8, 4) is 11.4 Å². The molecule has 6 N–H and O–H groups in total. The van der Waals surface area contributed by atoms with Crippen LogP contribution in [0.4, 0.5) is 11.6 Å². The minimum absolute atomic E-state index is 0.161. The van der Waals surface area contributed by atoms with Gasteiger partial charge < -0.3 is 17.3 Å². The third-order valence-corrected chi connectivity index (χ3v) is 2.49. The largest absolute Gasteiger partial charge is 0.398 e. The number of nitrogens with zero attached hydrogens (tertiary/aromatic N) is 3. The van der Waals surface area contributed by atoms with Crippen molar-refractivity contribution in [2.45, 2.75) is 13.8 Å². The molecular weight excluding hydrogens is 204 g/mol. The molecule has 0 atom stereocenters. The molecule has 0 saturated carbocycles. The van der Waals surface area contributed by atoms with Crippen LogP contribution in [0.15, 0.2) is 12.1 Å². The van der Waals surface area contributed by atoms with E-state index < -0.39 is 0 Å². The van der Waals surface area contributed by atoms with Gasteiger partial charge >= 0.3 is 0 Å². The maximum Gasteiger partial charge on any atom is 0.241 e. The highest BCUT2D eigenvalue weighted by molar-refractivity contribution is 5.75. The zero-order chi connectivity index (χ0) is 11.9. The Morgan fingerprint density at radius 1 is 1.12 bits per heavy atom. The number of hydrogen-bond acceptors (Lipinski definition) is 5. The fraction of sp³-hybridized carbons (Fsp3) is 0.200. The molecule has 6 heteroatoms.